The maximum absolute atomic E-state index is 13.2. The van der Waals surface area contributed by atoms with Gasteiger partial charge in [-0.05, 0) is 43.5 Å². The van der Waals surface area contributed by atoms with Gasteiger partial charge in [0.1, 0.15) is 17.7 Å². The zero-order chi connectivity index (χ0) is 17.2. The molecular weight excluding hydrogens is 321 g/mol. The smallest absolute Gasteiger partial charge is 0.242 e. The second-order valence-corrected chi connectivity index (χ2v) is 6.12. The van der Waals surface area contributed by atoms with Crippen LogP contribution in [0.5, 0.6) is 0 Å². The molecule has 1 saturated heterocycles. The first kappa shape index (κ1) is 15.6. The van der Waals surface area contributed by atoms with Crippen molar-refractivity contribution in [2.75, 3.05) is 11.9 Å². The Labute approximate surface area is 144 Å². The van der Waals surface area contributed by atoms with Gasteiger partial charge in [-0.2, -0.15) is 9.61 Å². The zero-order valence-corrected chi connectivity index (χ0v) is 13.6. The molecule has 1 aliphatic heterocycles. The Morgan fingerprint density at radius 2 is 2.04 bits per heavy atom. The second-order valence-electron chi connectivity index (χ2n) is 6.12. The number of carbonyl (C=O) groups is 1. The van der Waals surface area contributed by atoms with Crippen molar-refractivity contribution < 1.29 is 9.18 Å². The van der Waals surface area contributed by atoms with Gasteiger partial charge in [0.05, 0.1) is 11.9 Å². The van der Waals surface area contributed by atoms with Gasteiger partial charge in [0, 0.05) is 24.2 Å². The zero-order valence-electron chi connectivity index (χ0n) is 13.6. The van der Waals surface area contributed by atoms with Crippen molar-refractivity contribution in [2.24, 2.45) is 0 Å². The van der Waals surface area contributed by atoms with Crippen LogP contribution < -0.4 is 10.6 Å². The van der Waals surface area contributed by atoms with E-state index < -0.39 is 0 Å². The average Bonchev–Trinajstić information content (AvgIpc) is 3.00. The van der Waals surface area contributed by atoms with Gasteiger partial charge in [-0.1, -0.05) is 0 Å². The van der Waals surface area contributed by atoms with Crippen molar-refractivity contribution >= 4 is 17.4 Å². The maximum Gasteiger partial charge on any atom is 0.242 e. The number of aromatic nitrogens is 3. The summed E-state index contributed by atoms with van der Waals surface area (Å²) < 4.78 is 14.9. The first-order valence-electron chi connectivity index (χ1n) is 8.36. The van der Waals surface area contributed by atoms with Crippen molar-refractivity contribution in [2.45, 2.75) is 25.3 Å². The highest BCUT2D eigenvalue weighted by atomic mass is 19.1. The number of rotatable bonds is 3. The molecule has 3 aromatic rings. The predicted octanol–water partition coefficient (Wildman–Crippen LogP) is 2.62. The molecule has 25 heavy (non-hydrogen) atoms. The minimum atomic E-state index is -0.307. The van der Waals surface area contributed by atoms with Crippen LogP contribution >= 0.6 is 0 Å². The van der Waals surface area contributed by atoms with Crippen molar-refractivity contribution in [3.8, 4) is 11.3 Å². The van der Waals surface area contributed by atoms with Gasteiger partial charge >= 0.3 is 0 Å². The van der Waals surface area contributed by atoms with Crippen LogP contribution in [0.2, 0.25) is 0 Å². The second kappa shape index (κ2) is 6.51. The molecular formula is C18H18FN5O. The summed E-state index contributed by atoms with van der Waals surface area (Å²) in [6.45, 7) is 0.714. The summed E-state index contributed by atoms with van der Waals surface area (Å²) in [7, 11) is 0. The van der Waals surface area contributed by atoms with Crippen LogP contribution in [0.4, 0.5) is 10.2 Å². The Kier molecular flexibility index (Phi) is 4.05. The van der Waals surface area contributed by atoms with E-state index in [-0.39, 0.29) is 17.8 Å². The van der Waals surface area contributed by atoms with Gasteiger partial charge in [0.25, 0.3) is 0 Å². The number of anilines is 1. The lowest BCUT2D eigenvalue weighted by molar-refractivity contribution is -0.121. The molecule has 1 fully saturated rings. The monoisotopic (exact) mass is 339 g/mol. The molecule has 2 N–H and O–H groups in total. The highest BCUT2D eigenvalue weighted by Gasteiger charge is 2.22. The molecule has 7 heteroatoms. The van der Waals surface area contributed by atoms with E-state index in [1.165, 1.54) is 12.1 Å². The number of halogens is 1. The molecule has 128 valence electrons. The number of fused-ring (bicyclic) bond motifs is 1. The predicted molar refractivity (Wildman–Crippen MR) is 92.7 cm³/mol. The third kappa shape index (κ3) is 3.17. The topological polar surface area (TPSA) is 71.3 Å². The number of amides is 1. The van der Waals surface area contributed by atoms with Crippen LogP contribution in [0.15, 0.2) is 42.6 Å². The summed E-state index contributed by atoms with van der Waals surface area (Å²) in [4.78, 5) is 16.8. The van der Waals surface area contributed by atoms with Crippen molar-refractivity contribution in [3.05, 3.63) is 48.4 Å². The number of carbonyl (C=O) groups excluding carboxylic acids is 1. The van der Waals surface area contributed by atoms with E-state index in [0.29, 0.717) is 23.7 Å². The van der Waals surface area contributed by atoms with Crippen molar-refractivity contribution in [1.82, 2.24) is 19.9 Å². The first-order valence-corrected chi connectivity index (χ1v) is 8.36. The first-order chi connectivity index (χ1) is 12.2. The molecule has 0 radical (unpaired) electrons. The molecule has 2 aromatic heterocycles. The lowest BCUT2D eigenvalue weighted by Crippen LogP contribution is -2.38. The molecule has 3 heterocycles. The van der Waals surface area contributed by atoms with Gasteiger partial charge < -0.3 is 10.6 Å². The number of nitrogens with one attached hydrogen (secondary N) is 2. The summed E-state index contributed by atoms with van der Waals surface area (Å²) in [5.41, 5.74) is 2.17. The highest BCUT2D eigenvalue weighted by molar-refractivity contribution is 5.85. The van der Waals surface area contributed by atoms with Crippen molar-refractivity contribution in [1.29, 1.82) is 0 Å². The molecule has 1 aromatic carbocycles. The van der Waals surface area contributed by atoms with Gasteiger partial charge in [-0.3, -0.25) is 4.79 Å². The fraction of sp³-hybridized carbons (Fsp3) is 0.278. The Morgan fingerprint density at radius 1 is 1.20 bits per heavy atom. The summed E-state index contributed by atoms with van der Waals surface area (Å²) in [5, 5.41) is 10.5. The van der Waals surface area contributed by atoms with Crippen LogP contribution in [0.1, 0.15) is 19.3 Å². The van der Waals surface area contributed by atoms with Crippen LogP contribution in [-0.4, -0.2) is 33.1 Å². The summed E-state index contributed by atoms with van der Waals surface area (Å²) in [6.07, 6.45) is 4.39. The van der Waals surface area contributed by atoms with E-state index in [0.717, 1.165) is 24.8 Å². The SMILES string of the molecule is O=C1NCCCC[C@H]1Nc1cc(-c2ccc(F)cc2)nc2ccnn12. The quantitative estimate of drug-likeness (QED) is 0.769. The largest absolute Gasteiger partial charge is 0.358 e. The molecule has 1 atom stereocenters. The van der Waals surface area contributed by atoms with Gasteiger partial charge in [-0.15, -0.1) is 0 Å². The molecule has 4 rings (SSSR count). The van der Waals surface area contributed by atoms with Gasteiger partial charge in [-0.25, -0.2) is 9.37 Å². The minimum Gasteiger partial charge on any atom is -0.358 e. The Hall–Kier alpha value is -2.96. The standard InChI is InChI=1S/C18H18FN5O/c19-13-6-4-12(5-7-13)15-11-17(24-16(23-15)8-10-21-24)22-14-3-1-2-9-20-18(14)25/h4-8,10-11,14,22H,1-3,9H2,(H,20,25)/t14-/m1/s1. The lowest BCUT2D eigenvalue weighted by Gasteiger charge is -2.18. The average molecular weight is 339 g/mol. The summed E-state index contributed by atoms with van der Waals surface area (Å²) in [5.74, 6) is 0.400. The maximum atomic E-state index is 13.2. The molecule has 6 nitrogen and oxygen atoms in total. The van der Waals surface area contributed by atoms with Crippen LogP contribution in [0, 0.1) is 5.82 Å². The molecule has 0 aliphatic carbocycles. The summed E-state index contributed by atoms with van der Waals surface area (Å²) in [6, 6.07) is 9.52. The third-order valence-corrected chi connectivity index (χ3v) is 4.36. The Balaban J connectivity index is 1.73. The fourth-order valence-electron chi connectivity index (χ4n) is 3.04. The van der Waals surface area contributed by atoms with E-state index in [2.05, 4.69) is 20.7 Å². The van der Waals surface area contributed by atoms with Gasteiger partial charge in [0.15, 0.2) is 5.65 Å². The van der Waals surface area contributed by atoms with Crippen LogP contribution in [-0.2, 0) is 4.79 Å². The highest BCUT2D eigenvalue weighted by Crippen LogP contribution is 2.23. The van der Waals surface area contributed by atoms with Crippen LogP contribution in [0.25, 0.3) is 16.9 Å². The normalized spacial score (nSPS) is 18.0. The lowest BCUT2D eigenvalue weighted by atomic mass is 10.1. The minimum absolute atomic E-state index is 0.00190. The van der Waals surface area contributed by atoms with E-state index in [1.807, 2.05) is 6.07 Å². The number of benzene rings is 1. The summed E-state index contributed by atoms with van der Waals surface area (Å²) >= 11 is 0. The van der Waals surface area contributed by atoms with Gasteiger partial charge in [0.2, 0.25) is 5.91 Å². The molecule has 0 unspecified atom stereocenters. The Bertz CT molecular complexity index is 905. The van der Waals surface area contributed by atoms with Crippen molar-refractivity contribution in [3.63, 3.8) is 0 Å². The molecule has 0 saturated carbocycles. The molecule has 1 amide bonds. The fourth-order valence-corrected chi connectivity index (χ4v) is 3.04. The molecule has 0 bridgehead atoms. The number of hydrogen-bond acceptors (Lipinski definition) is 4. The third-order valence-electron chi connectivity index (χ3n) is 4.36. The number of nitrogens with zero attached hydrogens (tertiary/aromatic N) is 3. The molecule has 0 spiro atoms. The Morgan fingerprint density at radius 3 is 2.88 bits per heavy atom. The number of hydrogen-bond donors (Lipinski definition) is 2. The van der Waals surface area contributed by atoms with E-state index in [9.17, 15) is 9.18 Å². The molecule has 1 aliphatic rings. The van der Waals surface area contributed by atoms with Crippen LogP contribution in [0.3, 0.4) is 0 Å². The van der Waals surface area contributed by atoms with E-state index >= 15 is 0 Å². The van der Waals surface area contributed by atoms with E-state index in [4.69, 9.17) is 0 Å². The van der Waals surface area contributed by atoms with E-state index in [1.54, 1.807) is 28.9 Å².